The second kappa shape index (κ2) is 4.64. The van der Waals surface area contributed by atoms with Crippen molar-refractivity contribution in [1.82, 2.24) is 4.90 Å². The van der Waals surface area contributed by atoms with Gasteiger partial charge in [0.25, 0.3) is 0 Å². The SMILES string of the molecule is Nc1ccccc1NC1CC2CCC(C1)N2C(=O)O. The Balaban J connectivity index is 1.70. The molecule has 1 aromatic carbocycles. The normalized spacial score (nSPS) is 29.3. The van der Waals surface area contributed by atoms with E-state index in [0.717, 1.165) is 37.1 Å². The fourth-order valence-electron chi connectivity index (χ4n) is 3.46. The van der Waals surface area contributed by atoms with Gasteiger partial charge in [-0.2, -0.15) is 0 Å². The van der Waals surface area contributed by atoms with Crippen LogP contribution in [-0.2, 0) is 0 Å². The van der Waals surface area contributed by atoms with Crippen LogP contribution in [0.2, 0.25) is 0 Å². The van der Waals surface area contributed by atoms with Crippen molar-refractivity contribution in [3.05, 3.63) is 24.3 Å². The molecule has 1 aromatic rings. The van der Waals surface area contributed by atoms with Gasteiger partial charge in [-0.25, -0.2) is 4.79 Å². The molecule has 1 amide bonds. The van der Waals surface area contributed by atoms with Crippen LogP contribution in [0.4, 0.5) is 16.2 Å². The lowest BCUT2D eigenvalue weighted by atomic mass is 9.97. The zero-order valence-corrected chi connectivity index (χ0v) is 10.7. The van der Waals surface area contributed by atoms with Gasteiger partial charge in [-0.05, 0) is 37.8 Å². The zero-order chi connectivity index (χ0) is 13.4. The molecule has 0 saturated carbocycles. The van der Waals surface area contributed by atoms with Crippen molar-refractivity contribution in [2.45, 2.75) is 43.8 Å². The molecule has 19 heavy (non-hydrogen) atoms. The molecule has 2 saturated heterocycles. The fraction of sp³-hybridized carbons (Fsp3) is 0.500. The first-order valence-electron chi connectivity index (χ1n) is 6.77. The van der Waals surface area contributed by atoms with Crippen LogP contribution < -0.4 is 11.1 Å². The van der Waals surface area contributed by atoms with Gasteiger partial charge in [-0.3, -0.25) is 0 Å². The summed E-state index contributed by atoms with van der Waals surface area (Å²) < 4.78 is 0. The summed E-state index contributed by atoms with van der Waals surface area (Å²) in [6.45, 7) is 0. The van der Waals surface area contributed by atoms with Crippen molar-refractivity contribution < 1.29 is 9.90 Å². The van der Waals surface area contributed by atoms with Crippen LogP contribution >= 0.6 is 0 Å². The molecule has 5 nitrogen and oxygen atoms in total. The van der Waals surface area contributed by atoms with Gasteiger partial charge in [-0.1, -0.05) is 12.1 Å². The van der Waals surface area contributed by atoms with Crippen molar-refractivity contribution in [1.29, 1.82) is 0 Å². The molecule has 0 aromatic heterocycles. The molecule has 102 valence electrons. The van der Waals surface area contributed by atoms with Crippen molar-refractivity contribution >= 4 is 17.5 Å². The summed E-state index contributed by atoms with van der Waals surface area (Å²) in [6.07, 6.45) is 2.94. The van der Waals surface area contributed by atoms with E-state index < -0.39 is 6.09 Å². The maximum Gasteiger partial charge on any atom is 0.407 e. The first kappa shape index (κ1) is 12.1. The Bertz CT molecular complexity index is 477. The molecule has 2 fully saturated rings. The van der Waals surface area contributed by atoms with Crippen LogP contribution in [0.25, 0.3) is 0 Å². The summed E-state index contributed by atoms with van der Waals surface area (Å²) in [5.74, 6) is 0. The highest BCUT2D eigenvalue weighted by Crippen LogP contribution is 2.37. The summed E-state index contributed by atoms with van der Waals surface area (Å²) in [7, 11) is 0. The molecule has 0 spiro atoms. The average molecular weight is 261 g/mol. The third-order valence-corrected chi connectivity index (χ3v) is 4.27. The predicted molar refractivity (Wildman–Crippen MR) is 74.2 cm³/mol. The van der Waals surface area contributed by atoms with E-state index in [2.05, 4.69) is 5.32 Å². The van der Waals surface area contributed by atoms with Gasteiger partial charge in [-0.15, -0.1) is 0 Å². The van der Waals surface area contributed by atoms with Gasteiger partial charge in [0.1, 0.15) is 0 Å². The molecular formula is C14H19N3O2. The number of fused-ring (bicyclic) bond motifs is 2. The Kier molecular flexibility index (Phi) is 2.97. The molecule has 5 heteroatoms. The number of nitrogens with two attached hydrogens (primary N) is 1. The highest BCUT2D eigenvalue weighted by molar-refractivity contribution is 5.68. The van der Waals surface area contributed by atoms with E-state index in [1.807, 2.05) is 24.3 Å². The Morgan fingerprint density at radius 2 is 1.89 bits per heavy atom. The smallest absolute Gasteiger partial charge is 0.407 e. The van der Waals surface area contributed by atoms with Gasteiger partial charge in [0.2, 0.25) is 0 Å². The first-order chi connectivity index (χ1) is 9.15. The molecule has 2 aliphatic rings. The Morgan fingerprint density at radius 3 is 2.47 bits per heavy atom. The lowest BCUT2D eigenvalue weighted by Gasteiger charge is -2.37. The number of amides is 1. The maximum atomic E-state index is 11.2. The van der Waals surface area contributed by atoms with Gasteiger partial charge in [0.15, 0.2) is 0 Å². The number of hydrogen-bond donors (Lipinski definition) is 3. The molecule has 2 bridgehead atoms. The van der Waals surface area contributed by atoms with Gasteiger partial charge < -0.3 is 21.1 Å². The number of nitrogens with zero attached hydrogens (tertiary/aromatic N) is 1. The van der Waals surface area contributed by atoms with Crippen molar-refractivity contribution in [3.63, 3.8) is 0 Å². The number of nitrogen functional groups attached to an aromatic ring is 1. The van der Waals surface area contributed by atoms with Gasteiger partial charge in [0.05, 0.1) is 11.4 Å². The molecule has 2 unspecified atom stereocenters. The van der Waals surface area contributed by atoms with Crippen LogP contribution in [0.15, 0.2) is 24.3 Å². The van der Waals surface area contributed by atoms with Gasteiger partial charge in [0, 0.05) is 18.1 Å². The maximum absolute atomic E-state index is 11.2. The molecular weight excluding hydrogens is 242 g/mol. The van der Waals surface area contributed by atoms with E-state index in [4.69, 9.17) is 5.73 Å². The Hall–Kier alpha value is -1.91. The minimum absolute atomic E-state index is 0.165. The van der Waals surface area contributed by atoms with E-state index in [0.29, 0.717) is 6.04 Å². The molecule has 3 rings (SSSR count). The third-order valence-electron chi connectivity index (χ3n) is 4.27. The van der Waals surface area contributed by atoms with Crippen LogP contribution in [0.5, 0.6) is 0 Å². The number of carbonyl (C=O) groups is 1. The van der Waals surface area contributed by atoms with E-state index in [1.54, 1.807) is 4.90 Å². The second-order valence-corrected chi connectivity index (χ2v) is 5.47. The highest BCUT2D eigenvalue weighted by Gasteiger charge is 2.43. The molecule has 2 heterocycles. The van der Waals surface area contributed by atoms with Crippen LogP contribution in [0.1, 0.15) is 25.7 Å². The number of benzene rings is 1. The Labute approximate surface area is 112 Å². The monoisotopic (exact) mass is 261 g/mol. The minimum atomic E-state index is -0.773. The van der Waals surface area contributed by atoms with E-state index in [9.17, 15) is 9.90 Å². The van der Waals surface area contributed by atoms with Crippen LogP contribution in [-0.4, -0.2) is 34.2 Å². The molecule has 2 aliphatic heterocycles. The summed E-state index contributed by atoms with van der Waals surface area (Å²) >= 11 is 0. The van der Waals surface area contributed by atoms with E-state index in [1.165, 1.54) is 0 Å². The van der Waals surface area contributed by atoms with Crippen LogP contribution in [0.3, 0.4) is 0 Å². The zero-order valence-electron chi connectivity index (χ0n) is 10.7. The minimum Gasteiger partial charge on any atom is -0.465 e. The number of hydrogen-bond acceptors (Lipinski definition) is 3. The fourth-order valence-corrected chi connectivity index (χ4v) is 3.46. The molecule has 2 atom stereocenters. The quantitative estimate of drug-likeness (QED) is 0.714. The Morgan fingerprint density at radius 1 is 1.26 bits per heavy atom. The topological polar surface area (TPSA) is 78.6 Å². The molecule has 0 aliphatic carbocycles. The number of para-hydroxylation sites is 2. The average Bonchev–Trinajstić information content (AvgIpc) is 2.65. The van der Waals surface area contributed by atoms with Gasteiger partial charge >= 0.3 is 6.09 Å². The first-order valence-corrected chi connectivity index (χ1v) is 6.77. The summed E-state index contributed by atoms with van der Waals surface area (Å²) in [5.41, 5.74) is 7.63. The largest absolute Gasteiger partial charge is 0.465 e. The number of carboxylic acid groups (broad SMARTS) is 1. The summed E-state index contributed by atoms with van der Waals surface area (Å²) in [6, 6.07) is 8.37. The van der Waals surface area contributed by atoms with E-state index >= 15 is 0 Å². The molecule has 0 radical (unpaired) electrons. The van der Waals surface area contributed by atoms with Crippen molar-refractivity contribution in [2.24, 2.45) is 0 Å². The van der Waals surface area contributed by atoms with Crippen molar-refractivity contribution in [3.8, 4) is 0 Å². The summed E-state index contributed by atoms with van der Waals surface area (Å²) in [5, 5.41) is 12.7. The summed E-state index contributed by atoms with van der Waals surface area (Å²) in [4.78, 5) is 12.9. The lowest BCUT2D eigenvalue weighted by Crippen LogP contribution is -2.49. The van der Waals surface area contributed by atoms with Crippen molar-refractivity contribution in [2.75, 3.05) is 11.1 Å². The standard InChI is InChI=1S/C14H19N3O2/c15-12-3-1-2-4-13(12)16-9-7-10-5-6-11(8-9)17(10)14(18)19/h1-4,9-11,16H,5-8,15H2,(H,18,19). The van der Waals surface area contributed by atoms with E-state index in [-0.39, 0.29) is 12.1 Å². The number of anilines is 2. The predicted octanol–water partition coefficient (Wildman–Crippen LogP) is 2.35. The lowest BCUT2D eigenvalue weighted by molar-refractivity contribution is 0.0994. The number of piperidine rings is 1. The number of rotatable bonds is 2. The third kappa shape index (κ3) is 2.20. The molecule has 4 N–H and O–H groups in total. The second-order valence-electron chi connectivity index (χ2n) is 5.47. The highest BCUT2D eigenvalue weighted by atomic mass is 16.4. The van der Waals surface area contributed by atoms with Crippen LogP contribution in [0, 0.1) is 0 Å². The number of nitrogens with one attached hydrogen (secondary N) is 1.